The molecule has 2 rings (SSSR count). The number of anilines is 1. The van der Waals surface area contributed by atoms with Crippen LogP contribution in [0.15, 0.2) is 33.8 Å². The van der Waals surface area contributed by atoms with E-state index in [4.69, 9.17) is 10.3 Å². The molecule has 0 spiro atoms. The molecule has 0 unspecified atom stereocenters. The molecule has 0 fully saturated rings. The van der Waals surface area contributed by atoms with Gasteiger partial charge in [-0.25, -0.2) is 4.99 Å². The molecule has 0 bridgehead atoms. The molecule has 1 aromatic carbocycles. The zero-order chi connectivity index (χ0) is 13.0. The third kappa shape index (κ3) is 3.31. The second kappa shape index (κ2) is 5.31. The highest BCUT2D eigenvalue weighted by molar-refractivity contribution is 5.92. The molecule has 0 saturated heterocycles. The van der Waals surface area contributed by atoms with E-state index in [0.717, 1.165) is 5.69 Å². The third-order valence-electron chi connectivity index (χ3n) is 2.28. The number of nitrogens with one attached hydrogen (secondary N) is 1. The van der Waals surface area contributed by atoms with Gasteiger partial charge in [-0.15, -0.1) is 0 Å². The molecule has 2 aromatic rings. The lowest BCUT2D eigenvalue weighted by Crippen LogP contribution is -2.22. The van der Waals surface area contributed by atoms with Gasteiger partial charge in [0.25, 0.3) is 0 Å². The topological polar surface area (TPSA) is 89.3 Å². The first-order valence-electron chi connectivity index (χ1n) is 5.56. The predicted molar refractivity (Wildman–Crippen MR) is 69.2 cm³/mol. The summed E-state index contributed by atoms with van der Waals surface area (Å²) in [6.07, 6.45) is 0. The maximum atomic E-state index is 5.75. The van der Waals surface area contributed by atoms with Crippen LogP contribution in [-0.4, -0.2) is 16.1 Å². The number of nitrogens with two attached hydrogens (primary N) is 1. The standard InChI is InChI=1S/C12H15N5O/c1-8-3-5-10(6-4-8)16-12(13)14-7-11-15-9(2)17-18-11/h3-6H,7H2,1-2H3,(H3,13,14,16). The number of hydrogen-bond acceptors (Lipinski definition) is 4. The van der Waals surface area contributed by atoms with Crippen molar-refractivity contribution in [2.75, 3.05) is 5.32 Å². The smallest absolute Gasteiger partial charge is 0.248 e. The molecule has 0 saturated carbocycles. The Morgan fingerprint density at radius 3 is 2.67 bits per heavy atom. The van der Waals surface area contributed by atoms with Crippen LogP contribution in [0, 0.1) is 13.8 Å². The summed E-state index contributed by atoms with van der Waals surface area (Å²) < 4.78 is 4.93. The van der Waals surface area contributed by atoms with Gasteiger partial charge in [0.2, 0.25) is 5.89 Å². The monoisotopic (exact) mass is 245 g/mol. The van der Waals surface area contributed by atoms with Crippen LogP contribution < -0.4 is 11.1 Å². The van der Waals surface area contributed by atoms with Crippen LogP contribution >= 0.6 is 0 Å². The SMILES string of the molecule is Cc1ccc(NC(N)=NCc2nc(C)no2)cc1. The number of benzene rings is 1. The fraction of sp³-hybridized carbons (Fsp3) is 0.250. The number of hydrogen-bond donors (Lipinski definition) is 2. The number of rotatable bonds is 3. The van der Waals surface area contributed by atoms with Gasteiger partial charge in [0, 0.05) is 5.69 Å². The number of guanidine groups is 1. The summed E-state index contributed by atoms with van der Waals surface area (Å²) in [5.41, 5.74) is 7.83. The molecular weight excluding hydrogens is 230 g/mol. The van der Waals surface area contributed by atoms with Crippen LogP contribution in [0.25, 0.3) is 0 Å². The van der Waals surface area contributed by atoms with Crippen LogP contribution in [0.3, 0.4) is 0 Å². The Kier molecular flexibility index (Phi) is 3.57. The molecule has 0 aliphatic rings. The first-order chi connectivity index (χ1) is 8.63. The predicted octanol–water partition coefficient (Wildman–Crippen LogP) is 1.61. The van der Waals surface area contributed by atoms with E-state index in [-0.39, 0.29) is 6.54 Å². The van der Waals surface area contributed by atoms with Crippen molar-refractivity contribution in [3.8, 4) is 0 Å². The normalized spacial score (nSPS) is 11.6. The van der Waals surface area contributed by atoms with Gasteiger partial charge in [-0.05, 0) is 26.0 Å². The average molecular weight is 245 g/mol. The highest BCUT2D eigenvalue weighted by atomic mass is 16.5. The summed E-state index contributed by atoms with van der Waals surface area (Å²) in [5.74, 6) is 1.35. The van der Waals surface area contributed by atoms with E-state index in [1.54, 1.807) is 6.92 Å². The molecule has 6 nitrogen and oxygen atoms in total. The summed E-state index contributed by atoms with van der Waals surface area (Å²) in [6, 6.07) is 7.87. The summed E-state index contributed by atoms with van der Waals surface area (Å²) in [7, 11) is 0. The first-order valence-corrected chi connectivity index (χ1v) is 5.56. The minimum atomic E-state index is 0.269. The zero-order valence-electron chi connectivity index (χ0n) is 10.3. The van der Waals surface area contributed by atoms with Crippen LogP contribution in [-0.2, 0) is 6.54 Å². The van der Waals surface area contributed by atoms with Gasteiger partial charge < -0.3 is 15.6 Å². The summed E-state index contributed by atoms with van der Waals surface area (Å²) in [4.78, 5) is 8.15. The number of aromatic nitrogens is 2. The third-order valence-corrected chi connectivity index (χ3v) is 2.28. The van der Waals surface area contributed by atoms with Gasteiger partial charge in [0.05, 0.1) is 0 Å². The Labute approximate surface area is 105 Å². The van der Waals surface area contributed by atoms with Crippen LogP contribution in [0.4, 0.5) is 5.69 Å². The molecule has 18 heavy (non-hydrogen) atoms. The van der Waals surface area contributed by atoms with Crippen molar-refractivity contribution in [2.45, 2.75) is 20.4 Å². The van der Waals surface area contributed by atoms with E-state index < -0.39 is 0 Å². The first kappa shape index (κ1) is 12.1. The fourth-order valence-electron chi connectivity index (χ4n) is 1.38. The van der Waals surface area contributed by atoms with Crippen LogP contribution in [0.5, 0.6) is 0 Å². The van der Waals surface area contributed by atoms with Crippen LogP contribution in [0.1, 0.15) is 17.3 Å². The van der Waals surface area contributed by atoms with Crippen molar-refractivity contribution in [3.05, 3.63) is 41.5 Å². The van der Waals surface area contributed by atoms with E-state index in [0.29, 0.717) is 17.7 Å². The maximum absolute atomic E-state index is 5.75. The van der Waals surface area contributed by atoms with E-state index in [2.05, 4.69) is 20.4 Å². The zero-order valence-corrected chi connectivity index (χ0v) is 10.3. The van der Waals surface area contributed by atoms with E-state index in [1.165, 1.54) is 5.56 Å². The van der Waals surface area contributed by atoms with Crippen molar-refractivity contribution in [1.82, 2.24) is 10.1 Å². The lowest BCUT2D eigenvalue weighted by atomic mass is 10.2. The Balaban J connectivity index is 1.95. The summed E-state index contributed by atoms with van der Waals surface area (Å²) in [6.45, 7) is 4.05. The molecule has 0 atom stereocenters. The van der Waals surface area contributed by atoms with Crippen molar-refractivity contribution >= 4 is 11.6 Å². The van der Waals surface area contributed by atoms with Crippen molar-refractivity contribution in [1.29, 1.82) is 0 Å². The molecule has 0 radical (unpaired) electrons. The Hall–Kier alpha value is -2.37. The van der Waals surface area contributed by atoms with Crippen molar-refractivity contribution in [2.24, 2.45) is 10.7 Å². The number of aliphatic imine (C=N–C) groups is 1. The van der Waals surface area contributed by atoms with Gasteiger partial charge in [0.1, 0.15) is 6.54 Å². The second-order valence-corrected chi connectivity index (χ2v) is 3.93. The minimum Gasteiger partial charge on any atom is -0.370 e. The largest absolute Gasteiger partial charge is 0.370 e. The van der Waals surface area contributed by atoms with Gasteiger partial charge in [0.15, 0.2) is 11.8 Å². The van der Waals surface area contributed by atoms with E-state index in [1.807, 2.05) is 31.2 Å². The Morgan fingerprint density at radius 2 is 2.06 bits per heavy atom. The number of aryl methyl sites for hydroxylation is 2. The maximum Gasteiger partial charge on any atom is 0.248 e. The van der Waals surface area contributed by atoms with Gasteiger partial charge in [-0.1, -0.05) is 22.9 Å². The van der Waals surface area contributed by atoms with Crippen LogP contribution in [0.2, 0.25) is 0 Å². The molecular formula is C12H15N5O. The lowest BCUT2D eigenvalue weighted by molar-refractivity contribution is 0.376. The molecule has 94 valence electrons. The Morgan fingerprint density at radius 1 is 1.33 bits per heavy atom. The lowest BCUT2D eigenvalue weighted by Gasteiger charge is -2.04. The summed E-state index contributed by atoms with van der Waals surface area (Å²) in [5, 5.41) is 6.66. The van der Waals surface area contributed by atoms with Gasteiger partial charge in [-0.3, -0.25) is 0 Å². The number of nitrogens with zero attached hydrogens (tertiary/aromatic N) is 3. The molecule has 1 aromatic heterocycles. The van der Waals surface area contributed by atoms with E-state index in [9.17, 15) is 0 Å². The molecule has 0 aliphatic heterocycles. The molecule has 0 aliphatic carbocycles. The second-order valence-electron chi connectivity index (χ2n) is 3.93. The molecule has 6 heteroatoms. The fourth-order valence-corrected chi connectivity index (χ4v) is 1.38. The van der Waals surface area contributed by atoms with Gasteiger partial charge in [-0.2, -0.15) is 4.98 Å². The highest BCUT2D eigenvalue weighted by Crippen LogP contribution is 2.08. The average Bonchev–Trinajstić information content (AvgIpc) is 2.76. The quantitative estimate of drug-likeness (QED) is 0.633. The highest BCUT2D eigenvalue weighted by Gasteiger charge is 2.01. The minimum absolute atomic E-state index is 0.269. The molecule has 3 N–H and O–H groups in total. The Bertz CT molecular complexity index is 544. The molecule has 1 heterocycles. The van der Waals surface area contributed by atoms with E-state index >= 15 is 0 Å². The molecule has 0 amide bonds. The van der Waals surface area contributed by atoms with Gasteiger partial charge >= 0.3 is 0 Å². The van der Waals surface area contributed by atoms with Crippen molar-refractivity contribution < 1.29 is 4.52 Å². The van der Waals surface area contributed by atoms with Crippen molar-refractivity contribution in [3.63, 3.8) is 0 Å². The summed E-state index contributed by atoms with van der Waals surface area (Å²) >= 11 is 0.